The van der Waals surface area contributed by atoms with Crippen molar-refractivity contribution in [2.24, 2.45) is 0 Å². The second-order valence-electron chi connectivity index (χ2n) is 6.37. The summed E-state index contributed by atoms with van der Waals surface area (Å²) in [6.45, 7) is 1.92. The van der Waals surface area contributed by atoms with Crippen LogP contribution in [-0.2, 0) is 5.75 Å². The molecule has 30 heavy (non-hydrogen) atoms. The summed E-state index contributed by atoms with van der Waals surface area (Å²) >= 11 is 10.5. The van der Waals surface area contributed by atoms with Crippen molar-refractivity contribution in [3.8, 4) is 0 Å². The van der Waals surface area contributed by atoms with E-state index in [1.165, 1.54) is 34.4 Å². The molecule has 3 heterocycles. The second kappa shape index (κ2) is 7.99. The quantitative estimate of drug-likeness (QED) is 0.298. The number of halogens is 1. The van der Waals surface area contributed by atoms with E-state index in [9.17, 15) is 4.79 Å². The summed E-state index contributed by atoms with van der Waals surface area (Å²) in [5.74, 6) is 0.492. The number of carbonyl (C=O) groups excluding carboxylic acids is 1. The van der Waals surface area contributed by atoms with Gasteiger partial charge in [-0.1, -0.05) is 64.2 Å². The van der Waals surface area contributed by atoms with Gasteiger partial charge in [0, 0.05) is 21.7 Å². The SMILES string of the molecule is Cc1nnc(SCc2c(C(=O)Nc3nc4ccc(Cl)cc4s3)oc3ccccc23)s1. The molecule has 0 atom stereocenters. The molecule has 150 valence electrons. The molecule has 2 aromatic carbocycles. The summed E-state index contributed by atoms with van der Waals surface area (Å²) in [6.07, 6.45) is 0. The molecule has 1 amide bonds. The molecule has 0 fully saturated rings. The van der Waals surface area contributed by atoms with Crippen molar-refractivity contribution >= 4 is 78.3 Å². The normalized spacial score (nSPS) is 11.4. The molecule has 0 aliphatic heterocycles. The number of thiazole rings is 1. The van der Waals surface area contributed by atoms with E-state index in [-0.39, 0.29) is 11.7 Å². The number of aryl methyl sites for hydroxylation is 1. The standard InChI is InChI=1S/C20H13ClN4O2S3/c1-10-24-25-20(29-10)28-9-13-12-4-2-3-5-15(12)27-17(13)18(26)23-19-22-14-7-6-11(21)8-16(14)30-19/h2-8H,9H2,1H3,(H,22,23,26). The molecule has 10 heteroatoms. The van der Waals surface area contributed by atoms with E-state index < -0.39 is 0 Å². The van der Waals surface area contributed by atoms with Crippen LogP contribution in [-0.4, -0.2) is 21.1 Å². The lowest BCUT2D eigenvalue weighted by atomic mass is 10.1. The van der Waals surface area contributed by atoms with Crippen LogP contribution in [0.3, 0.4) is 0 Å². The highest BCUT2D eigenvalue weighted by atomic mass is 35.5. The number of anilines is 1. The van der Waals surface area contributed by atoms with Gasteiger partial charge in [0.15, 0.2) is 15.2 Å². The van der Waals surface area contributed by atoms with Crippen molar-refractivity contribution in [2.45, 2.75) is 17.0 Å². The van der Waals surface area contributed by atoms with Gasteiger partial charge in [-0.05, 0) is 31.2 Å². The third kappa shape index (κ3) is 3.81. The first-order valence-electron chi connectivity index (χ1n) is 8.87. The molecule has 0 radical (unpaired) electrons. The van der Waals surface area contributed by atoms with Crippen LogP contribution in [0.25, 0.3) is 21.2 Å². The topological polar surface area (TPSA) is 80.9 Å². The highest BCUT2D eigenvalue weighted by Crippen LogP contribution is 2.34. The van der Waals surface area contributed by atoms with Gasteiger partial charge in [0.2, 0.25) is 0 Å². The number of para-hydroxylation sites is 1. The number of thioether (sulfide) groups is 1. The number of rotatable bonds is 5. The number of aromatic nitrogens is 3. The van der Waals surface area contributed by atoms with E-state index in [0.717, 1.165) is 30.5 Å². The number of carbonyl (C=O) groups is 1. The number of benzene rings is 2. The van der Waals surface area contributed by atoms with Crippen LogP contribution in [0.1, 0.15) is 21.1 Å². The summed E-state index contributed by atoms with van der Waals surface area (Å²) in [6, 6.07) is 13.1. The first kappa shape index (κ1) is 19.5. The van der Waals surface area contributed by atoms with Gasteiger partial charge < -0.3 is 4.42 Å². The molecule has 0 aliphatic rings. The maximum atomic E-state index is 13.1. The summed E-state index contributed by atoms with van der Waals surface area (Å²) in [5.41, 5.74) is 2.28. The Bertz CT molecular complexity index is 1390. The lowest BCUT2D eigenvalue weighted by molar-refractivity contribution is 0.0998. The van der Waals surface area contributed by atoms with Crippen LogP contribution in [0.5, 0.6) is 0 Å². The number of furan rings is 1. The first-order valence-corrected chi connectivity index (χ1v) is 11.9. The fraction of sp³-hybridized carbons (Fsp3) is 0.100. The number of nitrogens with zero attached hydrogens (tertiary/aromatic N) is 3. The molecule has 6 nitrogen and oxygen atoms in total. The average Bonchev–Trinajstić information content (AvgIpc) is 3.42. The number of amides is 1. The smallest absolute Gasteiger partial charge is 0.293 e. The first-order chi connectivity index (χ1) is 14.6. The lowest BCUT2D eigenvalue weighted by Gasteiger charge is -2.02. The van der Waals surface area contributed by atoms with Crippen molar-refractivity contribution in [3.63, 3.8) is 0 Å². The second-order valence-corrected chi connectivity index (χ2v) is 10.2. The molecule has 0 bridgehead atoms. The Morgan fingerprint density at radius 2 is 2.07 bits per heavy atom. The van der Waals surface area contributed by atoms with E-state index in [1.807, 2.05) is 43.3 Å². The van der Waals surface area contributed by atoms with Gasteiger partial charge in [0.05, 0.1) is 10.2 Å². The Hall–Kier alpha value is -2.46. The van der Waals surface area contributed by atoms with Crippen LogP contribution >= 0.6 is 46.0 Å². The number of hydrogen-bond donors (Lipinski definition) is 1. The maximum absolute atomic E-state index is 13.1. The highest BCUT2D eigenvalue weighted by Gasteiger charge is 2.22. The minimum atomic E-state index is -0.333. The van der Waals surface area contributed by atoms with Crippen LogP contribution < -0.4 is 5.32 Å². The zero-order valence-electron chi connectivity index (χ0n) is 15.5. The largest absolute Gasteiger partial charge is 0.451 e. The summed E-state index contributed by atoms with van der Waals surface area (Å²) in [5, 5.41) is 14.0. The summed E-state index contributed by atoms with van der Waals surface area (Å²) < 4.78 is 7.68. The number of hydrogen-bond acceptors (Lipinski definition) is 8. The van der Waals surface area contributed by atoms with E-state index in [0.29, 0.717) is 21.5 Å². The van der Waals surface area contributed by atoms with Crippen LogP contribution in [0.4, 0.5) is 5.13 Å². The Labute approximate surface area is 188 Å². The van der Waals surface area contributed by atoms with Crippen LogP contribution in [0.2, 0.25) is 5.02 Å². The summed E-state index contributed by atoms with van der Waals surface area (Å²) in [7, 11) is 0. The van der Waals surface area contributed by atoms with E-state index in [2.05, 4.69) is 20.5 Å². The summed E-state index contributed by atoms with van der Waals surface area (Å²) in [4.78, 5) is 17.5. The fourth-order valence-corrected chi connectivity index (χ4v) is 5.98. The molecule has 3 aromatic heterocycles. The molecule has 5 rings (SSSR count). The molecule has 0 spiro atoms. The van der Waals surface area contributed by atoms with Gasteiger partial charge in [-0.2, -0.15) is 0 Å². The van der Waals surface area contributed by atoms with Crippen LogP contribution in [0.15, 0.2) is 51.2 Å². The predicted octanol–water partition coefficient (Wildman–Crippen LogP) is 6.40. The van der Waals surface area contributed by atoms with Crippen LogP contribution in [0, 0.1) is 6.92 Å². The fourth-order valence-electron chi connectivity index (χ4n) is 3.00. The maximum Gasteiger partial charge on any atom is 0.293 e. The minimum Gasteiger partial charge on any atom is -0.451 e. The zero-order chi connectivity index (χ0) is 20.7. The molecule has 0 aliphatic carbocycles. The van der Waals surface area contributed by atoms with E-state index in [1.54, 1.807) is 6.07 Å². The van der Waals surface area contributed by atoms with E-state index >= 15 is 0 Å². The molecule has 5 aromatic rings. The predicted molar refractivity (Wildman–Crippen MR) is 123 cm³/mol. The van der Waals surface area contributed by atoms with Gasteiger partial charge in [-0.25, -0.2) is 4.98 Å². The molecule has 0 saturated heterocycles. The molecule has 1 N–H and O–H groups in total. The Balaban J connectivity index is 1.46. The Morgan fingerprint density at radius 1 is 1.20 bits per heavy atom. The highest BCUT2D eigenvalue weighted by molar-refractivity contribution is 8.00. The van der Waals surface area contributed by atoms with Crippen molar-refractivity contribution in [1.82, 2.24) is 15.2 Å². The van der Waals surface area contributed by atoms with Crippen molar-refractivity contribution in [2.75, 3.05) is 5.32 Å². The van der Waals surface area contributed by atoms with E-state index in [4.69, 9.17) is 16.0 Å². The van der Waals surface area contributed by atoms with Gasteiger partial charge >= 0.3 is 0 Å². The zero-order valence-corrected chi connectivity index (χ0v) is 18.7. The Kier molecular flexibility index (Phi) is 5.20. The monoisotopic (exact) mass is 472 g/mol. The minimum absolute atomic E-state index is 0.280. The third-order valence-corrected chi connectivity index (χ3v) is 7.49. The number of fused-ring (bicyclic) bond motifs is 2. The van der Waals surface area contributed by atoms with Gasteiger partial charge in [0.25, 0.3) is 5.91 Å². The Morgan fingerprint density at radius 3 is 2.90 bits per heavy atom. The van der Waals surface area contributed by atoms with Gasteiger partial charge in [0.1, 0.15) is 10.6 Å². The van der Waals surface area contributed by atoms with Gasteiger partial charge in [-0.3, -0.25) is 10.1 Å². The molecular weight excluding hydrogens is 460 g/mol. The van der Waals surface area contributed by atoms with Crippen molar-refractivity contribution in [3.05, 3.63) is 63.8 Å². The third-order valence-electron chi connectivity index (χ3n) is 4.32. The molecular formula is C20H13ClN4O2S3. The number of nitrogens with one attached hydrogen (secondary N) is 1. The molecule has 0 unspecified atom stereocenters. The molecule has 0 saturated carbocycles. The lowest BCUT2D eigenvalue weighted by Crippen LogP contribution is -2.12. The average molecular weight is 473 g/mol. The van der Waals surface area contributed by atoms with Crippen molar-refractivity contribution in [1.29, 1.82) is 0 Å². The van der Waals surface area contributed by atoms with Gasteiger partial charge in [-0.15, -0.1) is 10.2 Å². The van der Waals surface area contributed by atoms with Crippen molar-refractivity contribution < 1.29 is 9.21 Å².